The molecule has 0 aliphatic heterocycles. The summed E-state index contributed by atoms with van der Waals surface area (Å²) in [6, 6.07) is 7.98. The largest absolute Gasteiger partial charge is 0.369 e. The van der Waals surface area contributed by atoms with Gasteiger partial charge in [0.1, 0.15) is 0 Å². The summed E-state index contributed by atoms with van der Waals surface area (Å²) in [5.74, 6) is 0. The lowest BCUT2D eigenvalue weighted by molar-refractivity contribution is -0.0784. The first-order valence-corrected chi connectivity index (χ1v) is 8.21. The van der Waals surface area contributed by atoms with Crippen molar-refractivity contribution in [1.82, 2.24) is 5.32 Å². The summed E-state index contributed by atoms with van der Waals surface area (Å²) >= 11 is 6.04. The number of nitrogens with one attached hydrogen (secondary N) is 1. The molecule has 1 saturated carbocycles. The van der Waals surface area contributed by atoms with Crippen LogP contribution in [0.4, 0.5) is 0 Å². The van der Waals surface area contributed by atoms with Crippen LogP contribution in [0.2, 0.25) is 5.02 Å². The highest BCUT2D eigenvalue weighted by atomic mass is 35.5. The molecular weight excluding hydrogens is 270 g/mol. The molecule has 0 unspecified atom stereocenters. The molecule has 3 heteroatoms. The highest BCUT2D eigenvalue weighted by molar-refractivity contribution is 6.30. The fourth-order valence-electron chi connectivity index (χ4n) is 2.92. The van der Waals surface area contributed by atoms with E-state index >= 15 is 0 Å². The Morgan fingerprint density at radius 1 is 1.25 bits per heavy atom. The number of benzene rings is 1. The molecule has 112 valence electrons. The van der Waals surface area contributed by atoms with Crippen molar-refractivity contribution in [1.29, 1.82) is 0 Å². The first-order chi connectivity index (χ1) is 9.74. The molecule has 2 nitrogen and oxygen atoms in total. The van der Waals surface area contributed by atoms with E-state index < -0.39 is 0 Å². The van der Waals surface area contributed by atoms with Gasteiger partial charge in [0, 0.05) is 11.6 Å². The topological polar surface area (TPSA) is 21.3 Å². The molecule has 0 saturated heterocycles. The lowest BCUT2D eigenvalue weighted by atomic mass is 9.84. The Hall–Kier alpha value is -0.570. The van der Waals surface area contributed by atoms with Gasteiger partial charge in [0.2, 0.25) is 0 Å². The van der Waals surface area contributed by atoms with Gasteiger partial charge in [-0.2, -0.15) is 0 Å². The minimum absolute atomic E-state index is 0.0235. The van der Waals surface area contributed by atoms with Gasteiger partial charge < -0.3 is 10.1 Å². The van der Waals surface area contributed by atoms with Crippen molar-refractivity contribution in [2.45, 2.75) is 57.7 Å². The van der Waals surface area contributed by atoms with Crippen LogP contribution >= 0.6 is 11.6 Å². The maximum atomic E-state index is 6.34. The second kappa shape index (κ2) is 8.02. The fourth-order valence-corrected chi connectivity index (χ4v) is 3.14. The van der Waals surface area contributed by atoms with E-state index in [0.717, 1.165) is 23.7 Å². The predicted octanol–water partition coefficient (Wildman–Crippen LogP) is 4.56. The lowest BCUT2D eigenvalue weighted by Gasteiger charge is -2.37. The highest BCUT2D eigenvalue weighted by Crippen LogP contribution is 2.32. The Bertz CT molecular complexity index is 402. The minimum Gasteiger partial charge on any atom is -0.369 e. The number of ether oxygens (including phenoxy) is 1. The van der Waals surface area contributed by atoms with Crippen LogP contribution in [0.25, 0.3) is 0 Å². The first kappa shape index (κ1) is 15.8. The van der Waals surface area contributed by atoms with Crippen molar-refractivity contribution >= 4 is 11.6 Å². The van der Waals surface area contributed by atoms with Crippen molar-refractivity contribution in [3.8, 4) is 0 Å². The Kier molecular flexibility index (Phi) is 6.34. The van der Waals surface area contributed by atoms with Crippen molar-refractivity contribution in [2.24, 2.45) is 0 Å². The van der Waals surface area contributed by atoms with Gasteiger partial charge in [-0.3, -0.25) is 0 Å². The number of halogens is 1. The summed E-state index contributed by atoms with van der Waals surface area (Å²) in [5.41, 5.74) is 1.19. The van der Waals surface area contributed by atoms with Crippen LogP contribution in [0.3, 0.4) is 0 Å². The Morgan fingerprint density at radius 2 is 2.05 bits per heavy atom. The van der Waals surface area contributed by atoms with Crippen LogP contribution in [0.5, 0.6) is 0 Å². The first-order valence-electron chi connectivity index (χ1n) is 7.83. The summed E-state index contributed by atoms with van der Waals surface area (Å²) in [6.07, 6.45) is 7.42. The van der Waals surface area contributed by atoms with Crippen LogP contribution in [0.1, 0.15) is 51.0 Å². The lowest BCUT2D eigenvalue weighted by Crippen LogP contribution is -2.44. The van der Waals surface area contributed by atoms with Gasteiger partial charge in [-0.1, -0.05) is 49.9 Å². The number of hydrogen-bond donors (Lipinski definition) is 1. The molecule has 1 fully saturated rings. The average Bonchev–Trinajstić information content (AvgIpc) is 2.47. The van der Waals surface area contributed by atoms with Crippen molar-refractivity contribution < 1.29 is 4.74 Å². The molecule has 0 radical (unpaired) electrons. The van der Waals surface area contributed by atoms with Crippen molar-refractivity contribution in [2.75, 3.05) is 13.1 Å². The highest BCUT2D eigenvalue weighted by Gasteiger charge is 2.32. The summed E-state index contributed by atoms with van der Waals surface area (Å²) in [7, 11) is 0. The molecule has 0 spiro atoms. The minimum atomic E-state index is 0.0235. The predicted molar refractivity (Wildman–Crippen MR) is 85.2 cm³/mol. The molecule has 0 bridgehead atoms. The van der Waals surface area contributed by atoms with Gasteiger partial charge in [0.05, 0.1) is 12.2 Å². The molecule has 20 heavy (non-hydrogen) atoms. The second-order valence-electron chi connectivity index (χ2n) is 5.84. The monoisotopic (exact) mass is 295 g/mol. The molecule has 1 aliphatic carbocycles. The van der Waals surface area contributed by atoms with Crippen LogP contribution in [0, 0.1) is 0 Å². The Labute approximate surface area is 127 Å². The molecule has 1 aromatic carbocycles. The Morgan fingerprint density at radius 3 is 2.75 bits per heavy atom. The third-order valence-electron chi connectivity index (χ3n) is 4.07. The Balaban J connectivity index is 1.93. The summed E-state index contributed by atoms with van der Waals surface area (Å²) < 4.78 is 6.34. The molecule has 1 aliphatic rings. The van der Waals surface area contributed by atoms with E-state index in [1.807, 2.05) is 18.2 Å². The van der Waals surface area contributed by atoms with E-state index in [-0.39, 0.29) is 5.60 Å². The van der Waals surface area contributed by atoms with Gasteiger partial charge in [-0.15, -0.1) is 0 Å². The van der Waals surface area contributed by atoms with E-state index in [9.17, 15) is 0 Å². The average molecular weight is 296 g/mol. The fraction of sp³-hybridized carbons (Fsp3) is 0.647. The van der Waals surface area contributed by atoms with Crippen LogP contribution < -0.4 is 5.32 Å². The third kappa shape index (κ3) is 4.76. The van der Waals surface area contributed by atoms with E-state index in [1.54, 1.807) is 0 Å². The molecule has 1 N–H and O–H groups in total. The van der Waals surface area contributed by atoms with Gasteiger partial charge in [-0.05, 0) is 43.5 Å². The maximum Gasteiger partial charge on any atom is 0.0810 e. The molecular formula is C17H26ClNO. The maximum absolute atomic E-state index is 6.34. The zero-order chi connectivity index (χ0) is 14.3. The normalized spacial score (nSPS) is 18.1. The summed E-state index contributed by atoms with van der Waals surface area (Å²) in [6.45, 7) is 4.91. The second-order valence-corrected chi connectivity index (χ2v) is 6.28. The van der Waals surface area contributed by atoms with Crippen molar-refractivity contribution in [3.05, 3.63) is 34.9 Å². The van der Waals surface area contributed by atoms with Gasteiger partial charge >= 0.3 is 0 Å². The SMILES string of the molecule is CCCNCC1(OCc2cccc(Cl)c2)CCCCC1. The van der Waals surface area contributed by atoms with Gasteiger partial charge in [-0.25, -0.2) is 0 Å². The third-order valence-corrected chi connectivity index (χ3v) is 4.31. The molecule has 0 atom stereocenters. The zero-order valence-electron chi connectivity index (χ0n) is 12.5. The van der Waals surface area contributed by atoms with Gasteiger partial charge in [0.25, 0.3) is 0 Å². The van der Waals surface area contributed by atoms with Gasteiger partial charge in [0.15, 0.2) is 0 Å². The van der Waals surface area contributed by atoms with Crippen LogP contribution in [-0.2, 0) is 11.3 Å². The van der Waals surface area contributed by atoms with E-state index in [2.05, 4.69) is 18.3 Å². The molecule has 2 rings (SSSR count). The van der Waals surface area contributed by atoms with E-state index in [0.29, 0.717) is 6.61 Å². The smallest absolute Gasteiger partial charge is 0.0810 e. The van der Waals surface area contributed by atoms with E-state index in [4.69, 9.17) is 16.3 Å². The number of hydrogen-bond acceptors (Lipinski definition) is 2. The number of rotatable bonds is 7. The summed E-state index contributed by atoms with van der Waals surface area (Å²) in [4.78, 5) is 0. The standard InChI is InChI=1S/C17H26ClNO/c1-2-11-19-14-17(9-4-3-5-10-17)20-13-15-7-6-8-16(18)12-15/h6-8,12,19H,2-5,9-11,13-14H2,1H3. The van der Waals surface area contributed by atoms with Crippen LogP contribution in [0.15, 0.2) is 24.3 Å². The van der Waals surface area contributed by atoms with Crippen LogP contribution in [-0.4, -0.2) is 18.7 Å². The zero-order valence-corrected chi connectivity index (χ0v) is 13.2. The summed E-state index contributed by atoms with van der Waals surface area (Å²) in [5, 5.41) is 4.33. The van der Waals surface area contributed by atoms with E-state index in [1.165, 1.54) is 38.5 Å². The molecule has 0 aromatic heterocycles. The quantitative estimate of drug-likeness (QED) is 0.745. The molecule has 1 aromatic rings. The molecule has 0 heterocycles. The van der Waals surface area contributed by atoms with Crippen molar-refractivity contribution in [3.63, 3.8) is 0 Å². The molecule has 0 amide bonds.